The molecule has 0 aliphatic carbocycles. The Balaban J connectivity index is 2.02. The number of amides is 2. The lowest BCUT2D eigenvalue weighted by molar-refractivity contribution is -0.137. The second kappa shape index (κ2) is 5.74. The third-order valence-electron chi connectivity index (χ3n) is 3.37. The molecular weight excluding hydrogens is 343 g/mol. The van der Waals surface area contributed by atoms with Crippen molar-refractivity contribution < 1.29 is 23.9 Å². The molecule has 0 saturated carbocycles. The molecule has 2 aliphatic heterocycles. The zero-order chi connectivity index (χ0) is 16.7. The highest BCUT2D eigenvalue weighted by molar-refractivity contribution is 8.26. The fraction of sp³-hybridized carbons (Fsp3) is 0.143. The van der Waals surface area contributed by atoms with Gasteiger partial charge >= 0.3 is 5.97 Å². The maximum Gasteiger partial charge on any atom is 0.305 e. The Morgan fingerprint density at radius 3 is 2.83 bits per heavy atom. The van der Waals surface area contributed by atoms with Gasteiger partial charge < -0.3 is 10.4 Å². The molecule has 1 saturated heterocycles. The number of hydrogen-bond acceptors (Lipinski definition) is 5. The van der Waals surface area contributed by atoms with Gasteiger partial charge in [0.25, 0.3) is 11.8 Å². The number of para-hydroxylation sites is 1. The second-order valence-corrected chi connectivity index (χ2v) is 6.43. The number of carboxylic acids is 1. The first-order valence-electron chi connectivity index (χ1n) is 6.50. The molecule has 2 heterocycles. The number of aliphatic carboxylic acids is 1. The highest BCUT2D eigenvalue weighted by Crippen LogP contribution is 2.42. The summed E-state index contributed by atoms with van der Waals surface area (Å²) in [6.07, 6.45) is -0.257. The van der Waals surface area contributed by atoms with Crippen molar-refractivity contribution in [3.8, 4) is 0 Å². The van der Waals surface area contributed by atoms with Crippen LogP contribution in [0.3, 0.4) is 0 Å². The van der Waals surface area contributed by atoms with E-state index < -0.39 is 23.6 Å². The number of carboxylic acid groups (broad SMARTS) is 1. The zero-order valence-corrected chi connectivity index (χ0v) is 13.1. The van der Waals surface area contributed by atoms with Crippen LogP contribution in [0, 0.1) is 5.82 Å². The summed E-state index contributed by atoms with van der Waals surface area (Å²) in [5.41, 5.74) is 0.395. The van der Waals surface area contributed by atoms with Crippen molar-refractivity contribution >= 4 is 57.3 Å². The van der Waals surface area contributed by atoms with Crippen LogP contribution in [-0.4, -0.2) is 38.7 Å². The van der Waals surface area contributed by atoms with E-state index in [0.29, 0.717) is 5.56 Å². The van der Waals surface area contributed by atoms with Gasteiger partial charge in [0.05, 0.1) is 22.6 Å². The monoisotopic (exact) mass is 352 g/mol. The summed E-state index contributed by atoms with van der Waals surface area (Å²) in [5, 5.41) is 11.1. The van der Waals surface area contributed by atoms with Crippen LogP contribution in [0.15, 0.2) is 23.1 Å². The summed E-state index contributed by atoms with van der Waals surface area (Å²) in [4.78, 5) is 36.5. The predicted octanol–water partition coefficient (Wildman–Crippen LogP) is 1.82. The molecule has 118 valence electrons. The van der Waals surface area contributed by atoms with Gasteiger partial charge in [0.2, 0.25) is 0 Å². The molecular formula is C14H9FN2O4S2. The van der Waals surface area contributed by atoms with Crippen molar-refractivity contribution in [3.05, 3.63) is 34.5 Å². The second-order valence-electron chi connectivity index (χ2n) is 4.79. The maximum absolute atomic E-state index is 13.8. The summed E-state index contributed by atoms with van der Waals surface area (Å²) >= 11 is 6.00. The van der Waals surface area contributed by atoms with E-state index in [0.717, 1.165) is 16.7 Å². The van der Waals surface area contributed by atoms with Crippen LogP contribution in [0.5, 0.6) is 0 Å². The maximum atomic E-state index is 13.8. The third-order valence-corrected chi connectivity index (χ3v) is 4.82. The van der Waals surface area contributed by atoms with E-state index in [2.05, 4.69) is 5.32 Å². The van der Waals surface area contributed by atoms with Gasteiger partial charge in [-0.15, -0.1) is 0 Å². The zero-order valence-electron chi connectivity index (χ0n) is 11.5. The van der Waals surface area contributed by atoms with Crippen LogP contribution in [0.4, 0.5) is 10.1 Å². The molecule has 1 fully saturated rings. The molecule has 0 atom stereocenters. The number of hydrogen-bond donors (Lipinski definition) is 2. The first-order chi connectivity index (χ1) is 10.9. The quantitative estimate of drug-likeness (QED) is 0.637. The summed E-state index contributed by atoms with van der Waals surface area (Å²) in [6.45, 7) is -0.0750. The van der Waals surface area contributed by atoms with E-state index in [9.17, 15) is 18.8 Å². The average molecular weight is 352 g/mol. The number of anilines is 1. The summed E-state index contributed by atoms with van der Waals surface area (Å²) < 4.78 is 13.9. The van der Waals surface area contributed by atoms with Crippen molar-refractivity contribution in [2.75, 3.05) is 11.9 Å². The largest absolute Gasteiger partial charge is 0.481 e. The normalized spacial score (nSPS) is 20.0. The third kappa shape index (κ3) is 2.62. The van der Waals surface area contributed by atoms with Crippen LogP contribution in [0.2, 0.25) is 0 Å². The Hall–Kier alpha value is -2.26. The van der Waals surface area contributed by atoms with Crippen molar-refractivity contribution in [3.63, 3.8) is 0 Å². The van der Waals surface area contributed by atoms with Crippen molar-refractivity contribution in [2.24, 2.45) is 0 Å². The lowest BCUT2D eigenvalue weighted by atomic mass is 10.1. The Kier molecular flexibility index (Phi) is 3.90. The lowest BCUT2D eigenvalue weighted by Gasteiger charge is -2.12. The first-order valence-corrected chi connectivity index (χ1v) is 7.72. The predicted molar refractivity (Wildman–Crippen MR) is 86.1 cm³/mol. The van der Waals surface area contributed by atoms with Gasteiger partial charge in [-0.1, -0.05) is 36.1 Å². The Labute approximate surface area is 139 Å². The number of carbonyl (C=O) groups excluding carboxylic acids is 2. The number of rotatable bonds is 3. The molecule has 23 heavy (non-hydrogen) atoms. The molecule has 1 aromatic carbocycles. The van der Waals surface area contributed by atoms with Crippen LogP contribution in [0.1, 0.15) is 12.0 Å². The molecule has 3 rings (SSSR count). The van der Waals surface area contributed by atoms with E-state index >= 15 is 0 Å². The number of carbonyl (C=O) groups is 3. The first kappa shape index (κ1) is 15.6. The van der Waals surface area contributed by atoms with Gasteiger partial charge in [0.15, 0.2) is 0 Å². The molecule has 1 aromatic rings. The van der Waals surface area contributed by atoms with Crippen molar-refractivity contribution in [1.82, 2.24) is 4.90 Å². The number of halogens is 1. The number of nitrogens with one attached hydrogen (secondary N) is 1. The minimum atomic E-state index is -1.06. The summed E-state index contributed by atoms with van der Waals surface area (Å²) in [5.74, 6) is -2.77. The smallest absolute Gasteiger partial charge is 0.305 e. The number of thioether (sulfide) groups is 1. The van der Waals surface area contributed by atoms with E-state index in [-0.39, 0.29) is 33.5 Å². The summed E-state index contributed by atoms with van der Waals surface area (Å²) in [6, 6.07) is 4.19. The van der Waals surface area contributed by atoms with Crippen molar-refractivity contribution in [2.45, 2.75) is 6.42 Å². The minimum absolute atomic E-state index is 0.0308. The fourth-order valence-electron chi connectivity index (χ4n) is 2.33. The van der Waals surface area contributed by atoms with Crippen LogP contribution < -0.4 is 5.32 Å². The Morgan fingerprint density at radius 1 is 1.39 bits per heavy atom. The SMILES string of the molecule is O=C(O)CCN1C(=O)/C(=C2\C(=O)Nc3c(F)cccc32)SC1=S. The highest BCUT2D eigenvalue weighted by atomic mass is 32.2. The molecule has 0 spiro atoms. The molecule has 2 amide bonds. The minimum Gasteiger partial charge on any atom is -0.481 e. The van der Waals surface area contributed by atoms with Gasteiger partial charge in [0.1, 0.15) is 10.1 Å². The van der Waals surface area contributed by atoms with Gasteiger partial charge in [0, 0.05) is 12.1 Å². The van der Waals surface area contributed by atoms with Crippen molar-refractivity contribution in [1.29, 1.82) is 0 Å². The molecule has 0 radical (unpaired) electrons. The lowest BCUT2D eigenvalue weighted by Crippen LogP contribution is -2.30. The number of thiocarbonyl (C=S) groups is 1. The van der Waals surface area contributed by atoms with E-state index in [1.807, 2.05) is 0 Å². The average Bonchev–Trinajstić information content (AvgIpc) is 2.95. The standard InChI is InChI=1S/C14H9FN2O4S2/c15-7-3-1-2-6-9(12(20)16-10(6)7)11-13(21)17(14(22)23-11)5-4-8(18)19/h1-3H,4-5H2,(H,16,20)(H,18,19)/b11-9+. The summed E-state index contributed by atoms with van der Waals surface area (Å²) in [7, 11) is 0. The number of nitrogens with zero attached hydrogens (tertiary/aromatic N) is 1. The molecule has 0 aromatic heterocycles. The van der Waals surface area contributed by atoms with E-state index in [1.165, 1.54) is 18.2 Å². The number of benzene rings is 1. The van der Waals surface area contributed by atoms with Gasteiger partial charge in [-0.3, -0.25) is 19.3 Å². The molecule has 0 unspecified atom stereocenters. The van der Waals surface area contributed by atoms with Crippen LogP contribution >= 0.6 is 24.0 Å². The molecule has 6 nitrogen and oxygen atoms in total. The van der Waals surface area contributed by atoms with Crippen LogP contribution in [-0.2, 0) is 14.4 Å². The number of fused-ring (bicyclic) bond motifs is 1. The molecule has 2 aliphatic rings. The van der Waals surface area contributed by atoms with Gasteiger partial charge in [-0.05, 0) is 6.07 Å². The topological polar surface area (TPSA) is 86.7 Å². The van der Waals surface area contributed by atoms with Crippen LogP contribution in [0.25, 0.3) is 5.57 Å². The Bertz CT molecular complexity index is 806. The van der Waals surface area contributed by atoms with Gasteiger partial charge in [-0.25, -0.2) is 4.39 Å². The highest BCUT2D eigenvalue weighted by Gasteiger charge is 2.39. The van der Waals surface area contributed by atoms with Gasteiger partial charge in [-0.2, -0.15) is 0 Å². The Morgan fingerprint density at radius 2 is 2.13 bits per heavy atom. The van der Waals surface area contributed by atoms with E-state index in [4.69, 9.17) is 17.3 Å². The fourth-order valence-corrected chi connectivity index (χ4v) is 3.72. The molecule has 9 heteroatoms. The molecule has 2 N–H and O–H groups in total. The molecule has 0 bridgehead atoms. The van der Waals surface area contributed by atoms with E-state index in [1.54, 1.807) is 0 Å².